The third-order valence-corrected chi connectivity index (χ3v) is 5.48. The van der Waals surface area contributed by atoms with E-state index in [1.807, 2.05) is 24.3 Å². The van der Waals surface area contributed by atoms with Gasteiger partial charge in [-0.15, -0.1) is 10.2 Å². The number of urea groups is 1. The van der Waals surface area contributed by atoms with Crippen molar-refractivity contribution in [2.24, 2.45) is 0 Å². The highest BCUT2D eigenvalue weighted by atomic mass is 32.1. The highest BCUT2D eigenvalue weighted by Gasteiger charge is 2.54. The molecule has 4 rings (SSSR count). The van der Waals surface area contributed by atoms with Crippen molar-refractivity contribution in [2.75, 3.05) is 11.9 Å². The van der Waals surface area contributed by atoms with E-state index in [0.717, 1.165) is 28.9 Å². The fourth-order valence-electron chi connectivity index (χ4n) is 3.60. The number of carbonyl (C=O) groups excluding carboxylic acids is 3. The van der Waals surface area contributed by atoms with Gasteiger partial charge in [0.2, 0.25) is 11.0 Å². The molecule has 2 N–H and O–H groups in total. The normalized spacial score (nSPS) is 21.7. The Morgan fingerprint density at radius 2 is 2.15 bits per heavy atom. The van der Waals surface area contributed by atoms with Gasteiger partial charge in [-0.2, -0.15) is 0 Å². The molecule has 134 valence electrons. The minimum Gasteiger partial charge on any atom is -0.319 e. The molecule has 2 heterocycles. The van der Waals surface area contributed by atoms with Crippen LogP contribution < -0.4 is 10.6 Å². The Kier molecular flexibility index (Phi) is 3.95. The summed E-state index contributed by atoms with van der Waals surface area (Å²) in [5, 5.41) is 14.1. The first-order valence-corrected chi connectivity index (χ1v) is 9.14. The molecule has 26 heavy (non-hydrogen) atoms. The van der Waals surface area contributed by atoms with Crippen LogP contribution in [0.15, 0.2) is 24.3 Å². The molecule has 1 atom stereocenters. The maximum Gasteiger partial charge on any atom is 0.325 e. The number of amides is 4. The van der Waals surface area contributed by atoms with E-state index >= 15 is 0 Å². The van der Waals surface area contributed by atoms with Crippen LogP contribution in [0.3, 0.4) is 0 Å². The average molecular weight is 371 g/mol. The maximum absolute atomic E-state index is 13.1. The SMILES string of the molecule is Cc1nnc(NC(=O)CN2C(=O)N[C@]3(CCCc4ccccc43)C2=O)s1. The number of nitrogens with one attached hydrogen (secondary N) is 2. The Morgan fingerprint density at radius 1 is 1.35 bits per heavy atom. The van der Waals surface area contributed by atoms with Crippen molar-refractivity contribution in [3.63, 3.8) is 0 Å². The van der Waals surface area contributed by atoms with Crippen LogP contribution in [0.2, 0.25) is 0 Å². The van der Waals surface area contributed by atoms with Crippen LogP contribution in [0.25, 0.3) is 0 Å². The highest BCUT2D eigenvalue weighted by Crippen LogP contribution is 2.39. The maximum atomic E-state index is 13.1. The van der Waals surface area contributed by atoms with E-state index in [9.17, 15) is 14.4 Å². The molecule has 1 aromatic carbocycles. The molecule has 1 saturated heterocycles. The summed E-state index contributed by atoms with van der Waals surface area (Å²) < 4.78 is 0. The number of benzene rings is 1. The van der Waals surface area contributed by atoms with Crippen LogP contribution >= 0.6 is 11.3 Å². The zero-order valence-electron chi connectivity index (χ0n) is 14.1. The third-order valence-electron chi connectivity index (χ3n) is 4.72. The van der Waals surface area contributed by atoms with E-state index in [-0.39, 0.29) is 12.5 Å². The van der Waals surface area contributed by atoms with Gasteiger partial charge in [-0.3, -0.25) is 19.8 Å². The first kappa shape index (κ1) is 16.6. The van der Waals surface area contributed by atoms with E-state index in [1.165, 1.54) is 11.3 Å². The molecule has 1 aliphatic heterocycles. The predicted octanol–water partition coefficient (Wildman–Crippen LogP) is 1.57. The van der Waals surface area contributed by atoms with Crippen molar-refractivity contribution in [1.82, 2.24) is 20.4 Å². The summed E-state index contributed by atoms with van der Waals surface area (Å²) in [4.78, 5) is 38.8. The first-order valence-electron chi connectivity index (χ1n) is 8.32. The lowest BCUT2D eigenvalue weighted by Gasteiger charge is -2.33. The van der Waals surface area contributed by atoms with Gasteiger partial charge in [0.25, 0.3) is 5.91 Å². The molecular formula is C17H17N5O3S. The van der Waals surface area contributed by atoms with Gasteiger partial charge in [0.15, 0.2) is 0 Å². The first-order chi connectivity index (χ1) is 12.5. The van der Waals surface area contributed by atoms with Crippen LogP contribution in [0.1, 0.15) is 29.0 Å². The molecule has 9 heteroatoms. The van der Waals surface area contributed by atoms with Crippen molar-refractivity contribution in [3.8, 4) is 0 Å². The summed E-state index contributed by atoms with van der Waals surface area (Å²) in [5.41, 5.74) is 0.821. The fourth-order valence-corrected chi connectivity index (χ4v) is 4.21. The Hall–Kier alpha value is -2.81. The minimum absolute atomic E-state index is 0.345. The number of imide groups is 1. The number of aromatic nitrogens is 2. The summed E-state index contributed by atoms with van der Waals surface area (Å²) in [6.45, 7) is 1.42. The van der Waals surface area contributed by atoms with Gasteiger partial charge in [-0.05, 0) is 37.3 Å². The molecule has 8 nitrogen and oxygen atoms in total. The molecular weight excluding hydrogens is 354 g/mol. The van der Waals surface area contributed by atoms with Crippen LogP contribution in [0.5, 0.6) is 0 Å². The number of aryl methyl sites for hydroxylation is 2. The lowest BCUT2D eigenvalue weighted by atomic mass is 9.76. The van der Waals surface area contributed by atoms with Gasteiger partial charge < -0.3 is 5.32 Å². The van der Waals surface area contributed by atoms with E-state index in [0.29, 0.717) is 16.6 Å². The average Bonchev–Trinajstić information content (AvgIpc) is 3.12. The topological polar surface area (TPSA) is 104 Å². The molecule has 4 amide bonds. The lowest BCUT2D eigenvalue weighted by Crippen LogP contribution is -2.47. The van der Waals surface area contributed by atoms with Crippen molar-refractivity contribution in [3.05, 3.63) is 40.4 Å². The van der Waals surface area contributed by atoms with Gasteiger partial charge in [0, 0.05) is 0 Å². The Morgan fingerprint density at radius 3 is 2.92 bits per heavy atom. The van der Waals surface area contributed by atoms with Gasteiger partial charge in [0.1, 0.15) is 17.1 Å². The Balaban J connectivity index is 1.56. The zero-order valence-corrected chi connectivity index (χ0v) is 14.9. The second-order valence-corrected chi connectivity index (χ2v) is 7.59. The lowest BCUT2D eigenvalue weighted by molar-refractivity contribution is -0.134. The van der Waals surface area contributed by atoms with Crippen LogP contribution in [-0.4, -0.2) is 39.5 Å². The van der Waals surface area contributed by atoms with E-state index in [2.05, 4.69) is 20.8 Å². The smallest absolute Gasteiger partial charge is 0.319 e. The Labute approximate surface area is 153 Å². The number of carbonyl (C=O) groups is 3. The molecule has 1 aromatic heterocycles. The second kappa shape index (κ2) is 6.17. The quantitative estimate of drug-likeness (QED) is 0.797. The minimum atomic E-state index is -1.06. The number of hydrogen-bond acceptors (Lipinski definition) is 6. The monoisotopic (exact) mass is 371 g/mol. The molecule has 2 aliphatic rings. The summed E-state index contributed by atoms with van der Waals surface area (Å²) >= 11 is 1.23. The Bertz CT molecular complexity index is 911. The largest absolute Gasteiger partial charge is 0.325 e. The van der Waals surface area contributed by atoms with Crippen molar-refractivity contribution in [2.45, 2.75) is 31.7 Å². The van der Waals surface area contributed by atoms with Crippen molar-refractivity contribution in [1.29, 1.82) is 0 Å². The molecule has 0 saturated carbocycles. The van der Waals surface area contributed by atoms with Gasteiger partial charge >= 0.3 is 6.03 Å². The third kappa shape index (κ3) is 2.64. The molecule has 0 unspecified atom stereocenters. The van der Waals surface area contributed by atoms with Crippen LogP contribution in [-0.2, 0) is 21.5 Å². The van der Waals surface area contributed by atoms with Crippen molar-refractivity contribution < 1.29 is 14.4 Å². The molecule has 0 bridgehead atoms. The van der Waals surface area contributed by atoms with E-state index in [1.54, 1.807) is 6.92 Å². The van der Waals surface area contributed by atoms with Crippen molar-refractivity contribution >= 4 is 34.3 Å². The second-order valence-electron chi connectivity index (χ2n) is 6.41. The standard InChI is InChI=1S/C17H17N5O3S/c1-10-20-21-15(26-10)18-13(23)9-22-14(24)17(19-16(22)25)8-4-6-11-5-2-3-7-12(11)17/h2-3,5,7H,4,6,8-9H2,1H3,(H,19,25)(H,18,21,23)/t17-/m0/s1. The van der Waals surface area contributed by atoms with Gasteiger partial charge in [-0.1, -0.05) is 35.6 Å². The number of hydrogen-bond donors (Lipinski definition) is 2. The summed E-state index contributed by atoms with van der Waals surface area (Å²) in [6.07, 6.45) is 2.20. The fraction of sp³-hybridized carbons (Fsp3) is 0.353. The van der Waals surface area contributed by atoms with E-state index < -0.39 is 17.5 Å². The van der Waals surface area contributed by atoms with Crippen LogP contribution in [0, 0.1) is 6.92 Å². The molecule has 2 aromatic rings. The highest BCUT2D eigenvalue weighted by molar-refractivity contribution is 7.15. The van der Waals surface area contributed by atoms with Gasteiger partial charge in [-0.25, -0.2) is 4.79 Å². The summed E-state index contributed by atoms with van der Waals surface area (Å²) in [7, 11) is 0. The number of rotatable bonds is 3. The summed E-state index contributed by atoms with van der Waals surface area (Å²) in [5.74, 6) is -0.857. The molecule has 1 fully saturated rings. The number of nitrogens with zero attached hydrogens (tertiary/aromatic N) is 3. The van der Waals surface area contributed by atoms with Crippen LogP contribution in [0.4, 0.5) is 9.93 Å². The zero-order chi connectivity index (χ0) is 18.3. The molecule has 1 aliphatic carbocycles. The number of anilines is 1. The van der Waals surface area contributed by atoms with Gasteiger partial charge in [0.05, 0.1) is 0 Å². The molecule has 0 radical (unpaired) electrons. The molecule has 1 spiro atoms. The van der Waals surface area contributed by atoms with E-state index in [4.69, 9.17) is 0 Å². The summed E-state index contributed by atoms with van der Waals surface area (Å²) in [6, 6.07) is 7.09. The predicted molar refractivity (Wildman–Crippen MR) is 94.6 cm³/mol. The number of fused-ring (bicyclic) bond motifs is 2.